The lowest BCUT2D eigenvalue weighted by Gasteiger charge is -2.14. The molecule has 1 saturated carbocycles. The highest BCUT2D eigenvalue weighted by Gasteiger charge is 2.70. The van der Waals surface area contributed by atoms with Gasteiger partial charge in [-0.05, 0) is 12.5 Å². The van der Waals surface area contributed by atoms with Crippen LogP contribution in [0.5, 0.6) is 0 Å². The van der Waals surface area contributed by atoms with Crippen molar-refractivity contribution < 1.29 is 8.78 Å². The van der Waals surface area contributed by atoms with Gasteiger partial charge < -0.3 is 5.73 Å². The number of halogens is 2. The van der Waals surface area contributed by atoms with Crippen molar-refractivity contribution in [2.24, 2.45) is 11.1 Å². The highest BCUT2D eigenvalue weighted by molar-refractivity contribution is 5.56. The minimum absolute atomic E-state index is 0.00909. The first-order valence-corrected chi connectivity index (χ1v) is 5.33. The standard InChI is InChI=1S/C13H15F2N/c1-10(7-11-5-3-2-4-6-11)12(9-16)8-13(12,14)15/h2-7H,8-9,16H2,1H3/b10-7+. The molecular weight excluding hydrogens is 208 g/mol. The Morgan fingerprint density at radius 3 is 2.38 bits per heavy atom. The molecule has 16 heavy (non-hydrogen) atoms. The van der Waals surface area contributed by atoms with Gasteiger partial charge in [0.05, 0.1) is 5.41 Å². The van der Waals surface area contributed by atoms with E-state index in [1.807, 2.05) is 30.3 Å². The zero-order valence-electron chi connectivity index (χ0n) is 9.21. The van der Waals surface area contributed by atoms with E-state index in [1.165, 1.54) is 0 Å². The van der Waals surface area contributed by atoms with E-state index in [-0.39, 0.29) is 13.0 Å². The number of alkyl halides is 2. The quantitative estimate of drug-likeness (QED) is 0.837. The van der Waals surface area contributed by atoms with E-state index >= 15 is 0 Å². The van der Waals surface area contributed by atoms with Gasteiger partial charge in [0.1, 0.15) is 0 Å². The van der Waals surface area contributed by atoms with Crippen LogP contribution in [0.3, 0.4) is 0 Å². The Balaban J connectivity index is 2.27. The van der Waals surface area contributed by atoms with Crippen molar-refractivity contribution in [2.75, 3.05) is 6.54 Å². The van der Waals surface area contributed by atoms with Crippen LogP contribution in [0, 0.1) is 5.41 Å². The predicted octanol–water partition coefficient (Wildman–Crippen LogP) is 3.07. The van der Waals surface area contributed by atoms with Gasteiger partial charge in [0.25, 0.3) is 5.92 Å². The molecule has 1 aromatic carbocycles. The van der Waals surface area contributed by atoms with Gasteiger partial charge in [-0.1, -0.05) is 42.0 Å². The Bertz CT molecular complexity index is 411. The topological polar surface area (TPSA) is 26.0 Å². The van der Waals surface area contributed by atoms with Crippen molar-refractivity contribution >= 4 is 6.08 Å². The molecule has 0 spiro atoms. The van der Waals surface area contributed by atoms with Crippen LogP contribution in [-0.4, -0.2) is 12.5 Å². The molecule has 86 valence electrons. The summed E-state index contributed by atoms with van der Waals surface area (Å²) in [4.78, 5) is 0. The maximum atomic E-state index is 13.3. The summed E-state index contributed by atoms with van der Waals surface area (Å²) in [6.07, 6.45) is 1.68. The van der Waals surface area contributed by atoms with Crippen molar-refractivity contribution in [3.05, 3.63) is 41.5 Å². The lowest BCUT2D eigenvalue weighted by Crippen LogP contribution is -2.23. The summed E-state index contributed by atoms with van der Waals surface area (Å²) in [5.41, 5.74) is 6.00. The number of rotatable bonds is 3. The van der Waals surface area contributed by atoms with Crippen molar-refractivity contribution in [1.82, 2.24) is 0 Å². The van der Waals surface area contributed by atoms with Crippen LogP contribution in [0.1, 0.15) is 18.9 Å². The van der Waals surface area contributed by atoms with E-state index in [4.69, 9.17) is 5.73 Å². The Morgan fingerprint density at radius 1 is 1.38 bits per heavy atom. The van der Waals surface area contributed by atoms with E-state index in [1.54, 1.807) is 13.0 Å². The fourth-order valence-corrected chi connectivity index (χ4v) is 2.08. The third-order valence-electron chi connectivity index (χ3n) is 3.38. The van der Waals surface area contributed by atoms with Crippen molar-refractivity contribution in [3.63, 3.8) is 0 Å². The van der Waals surface area contributed by atoms with Crippen LogP contribution in [0.4, 0.5) is 8.78 Å². The maximum Gasteiger partial charge on any atom is 0.259 e. The van der Waals surface area contributed by atoms with Gasteiger partial charge in [-0.25, -0.2) is 8.78 Å². The van der Waals surface area contributed by atoms with Crippen LogP contribution >= 0.6 is 0 Å². The molecule has 0 heterocycles. The summed E-state index contributed by atoms with van der Waals surface area (Å²) < 4.78 is 26.6. The minimum Gasteiger partial charge on any atom is -0.329 e. The second-order valence-corrected chi connectivity index (χ2v) is 4.41. The molecule has 1 unspecified atom stereocenters. The number of hydrogen-bond donors (Lipinski definition) is 1. The molecule has 1 atom stereocenters. The molecule has 0 saturated heterocycles. The molecule has 1 aromatic rings. The van der Waals surface area contributed by atoms with E-state index < -0.39 is 11.3 Å². The predicted molar refractivity (Wildman–Crippen MR) is 61.1 cm³/mol. The van der Waals surface area contributed by atoms with Gasteiger partial charge in [0.15, 0.2) is 0 Å². The molecule has 0 aromatic heterocycles. The van der Waals surface area contributed by atoms with Crippen LogP contribution in [0.25, 0.3) is 6.08 Å². The van der Waals surface area contributed by atoms with Crippen molar-refractivity contribution in [1.29, 1.82) is 0 Å². The average molecular weight is 223 g/mol. The molecule has 0 radical (unpaired) electrons. The summed E-state index contributed by atoms with van der Waals surface area (Å²) in [6.45, 7) is 1.75. The number of nitrogens with two attached hydrogens (primary N) is 1. The summed E-state index contributed by atoms with van der Waals surface area (Å²) >= 11 is 0. The van der Waals surface area contributed by atoms with Crippen LogP contribution in [0.15, 0.2) is 35.9 Å². The summed E-state index contributed by atoms with van der Waals surface area (Å²) in [7, 11) is 0. The average Bonchev–Trinajstić information content (AvgIpc) is 2.84. The van der Waals surface area contributed by atoms with E-state index in [2.05, 4.69) is 0 Å². The van der Waals surface area contributed by atoms with Gasteiger partial charge >= 0.3 is 0 Å². The second-order valence-electron chi connectivity index (χ2n) is 4.41. The minimum atomic E-state index is -2.63. The zero-order valence-corrected chi connectivity index (χ0v) is 9.21. The zero-order chi connectivity index (χ0) is 11.8. The molecular formula is C13H15F2N. The van der Waals surface area contributed by atoms with Crippen LogP contribution < -0.4 is 5.73 Å². The van der Waals surface area contributed by atoms with Gasteiger partial charge in [0, 0.05) is 13.0 Å². The number of benzene rings is 1. The molecule has 1 fully saturated rings. The molecule has 0 amide bonds. The van der Waals surface area contributed by atoms with Gasteiger partial charge in [-0.15, -0.1) is 0 Å². The first-order chi connectivity index (χ1) is 7.52. The highest BCUT2D eigenvalue weighted by Crippen LogP contribution is 2.64. The SMILES string of the molecule is C/C(=C\c1ccccc1)C1(CN)CC1(F)F. The van der Waals surface area contributed by atoms with E-state index in [0.29, 0.717) is 5.57 Å². The first-order valence-electron chi connectivity index (χ1n) is 5.33. The first kappa shape index (κ1) is 11.3. The fraction of sp³-hybridized carbons (Fsp3) is 0.385. The lowest BCUT2D eigenvalue weighted by molar-refractivity contribution is 0.0786. The summed E-state index contributed by atoms with van der Waals surface area (Å²) in [5, 5.41) is 0. The molecule has 1 aliphatic carbocycles. The van der Waals surface area contributed by atoms with Crippen LogP contribution in [-0.2, 0) is 0 Å². The monoisotopic (exact) mass is 223 g/mol. The van der Waals surface area contributed by atoms with E-state index in [9.17, 15) is 8.78 Å². The molecule has 1 nitrogen and oxygen atoms in total. The van der Waals surface area contributed by atoms with E-state index in [0.717, 1.165) is 5.56 Å². The Morgan fingerprint density at radius 2 is 1.94 bits per heavy atom. The number of hydrogen-bond acceptors (Lipinski definition) is 1. The summed E-state index contributed by atoms with van der Waals surface area (Å²) in [5.74, 6) is -2.63. The Labute approximate surface area is 94.0 Å². The lowest BCUT2D eigenvalue weighted by atomic mass is 9.94. The summed E-state index contributed by atoms with van der Waals surface area (Å²) in [6, 6.07) is 9.47. The molecule has 0 aliphatic heterocycles. The third kappa shape index (κ3) is 1.65. The van der Waals surface area contributed by atoms with Gasteiger partial charge in [-0.3, -0.25) is 0 Å². The fourth-order valence-electron chi connectivity index (χ4n) is 2.08. The van der Waals surface area contributed by atoms with Crippen molar-refractivity contribution in [3.8, 4) is 0 Å². The highest BCUT2D eigenvalue weighted by atomic mass is 19.3. The molecule has 2 rings (SSSR count). The van der Waals surface area contributed by atoms with Crippen LogP contribution in [0.2, 0.25) is 0 Å². The third-order valence-corrected chi connectivity index (χ3v) is 3.38. The normalized spacial score (nSPS) is 27.9. The molecule has 0 bridgehead atoms. The molecule has 3 heteroatoms. The Kier molecular flexibility index (Phi) is 2.58. The maximum absolute atomic E-state index is 13.3. The molecule has 2 N–H and O–H groups in total. The second kappa shape index (κ2) is 3.67. The van der Waals surface area contributed by atoms with Crippen molar-refractivity contribution in [2.45, 2.75) is 19.3 Å². The van der Waals surface area contributed by atoms with Gasteiger partial charge in [-0.2, -0.15) is 0 Å². The largest absolute Gasteiger partial charge is 0.329 e. The smallest absolute Gasteiger partial charge is 0.259 e. The van der Waals surface area contributed by atoms with Gasteiger partial charge in [0.2, 0.25) is 0 Å². The molecule has 1 aliphatic rings. The Hall–Kier alpha value is -1.22.